The summed E-state index contributed by atoms with van der Waals surface area (Å²) >= 11 is 0. The van der Waals surface area contributed by atoms with E-state index in [-0.39, 0.29) is 36.0 Å². The van der Waals surface area contributed by atoms with Gasteiger partial charge in [-0.3, -0.25) is 4.79 Å². The zero-order valence-corrected chi connectivity index (χ0v) is 17.0. The molecule has 1 fully saturated rings. The molecule has 0 aliphatic carbocycles. The molecule has 0 aromatic heterocycles. The zero-order chi connectivity index (χ0) is 21.7. The third-order valence-corrected chi connectivity index (χ3v) is 4.98. The Morgan fingerprint density at radius 3 is 2.57 bits per heavy atom. The average molecular weight is 415 g/mol. The normalized spacial score (nSPS) is 18.7. The van der Waals surface area contributed by atoms with Gasteiger partial charge in [-0.05, 0) is 31.9 Å². The van der Waals surface area contributed by atoms with Crippen molar-refractivity contribution >= 4 is 29.6 Å². The first-order valence-electron chi connectivity index (χ1n) is 10.00. The maximum Gasteiger partial charge on any atom is 0.340 e. The van der Waals surface area contributed by atoms with Crippen LogP contribution in [-0.2, 0) is 19.1 Å². The highest BCUT2D eigenvalue weighted by molar-refractivity contribution is 6.03. The van der Waals surface area contributed by atoms with Gasteiger partial charge in [0.05, 0.1) is 35.2 Å². The molecule has 3 rings (SSSR count). The minimum absolute atomic E-state index is 0.0426. The molecule has 2 heterocycles. The number of carbonyl (C=O) groups is 4. The quantitative estimate of drug-likeness (QED) is 0.658. The largest absolute Gasteiger partial charge is 0.463 e. The van der Waals surface area contributed by atoms with Gasteiger partial charge < -0.3 is 25.0 Å². The number of esters is 2. The molecule has 2 aliphatic heterocycles. The summed E-state index contributed by atoms with van der Waals surface area (Å²) in [5, 5.41) is 5.20. The number of nitrogens with one attached hydrogen (secondary N) is 2. The van der Waals surface area contributed by atoms with Crippen LogP contribution in [0.25, 0.3) is 0 Å². The van der Waals surface area contributed by atoms with E-state index in [1.54, 1.807) is 36.1 Å². The fraction of sp³-hybridized carbons (Fsp3) is 0.429. The van der Waals surface area contributed by atoms with Gasteiger partial charge in [-0.15, -0.1) is 0 Å². The molecule has 0 unspecified atom stereocenters. The molecule has 2 N–H and O–H groups in total. The predicted molar refractivity (Wildman–Crippen MR) is 108 cm³/mol. The van der Waals surface area contributed by atoms with Gasteiger partial charge >= 0.3 is 18.0 Å². The van der Waals surface area contributed by atoms with Crippen molar-refractivity contribution in [1.29, 1.82) is 0 Å². The molecule has 1 atom stereocenters. The Morgan fingerprint density at radius 1 is 1.13 bits per heavy atom. The standard InChI is InChI=1S/C21H25N3O6/c1-3-14-18(20(27)29-4-2)15(23-21(28)22-14)12-30-19(26)13-8-5-6-9-16(13)24-11-7-10-17(24)25/h5-6,8-9,14H,3-4,7,10-12H2,1-2H3,(H2,22,23,28)/t14-/m1/s1. The molecule has 1 saturated heterocycles. The van der Waals surface area contributed by atoms with Crippen LogP contribution in [0.5, 0.6) is 0 Å². The van der Waals surface area contributed by atoms with E-state index in [9.17, 15) is 19.2 Å². The minimum Gasteiger partial charge on any atom is -0.463 e. The number of ether oxygens (including phenoxy) is 2. The van der Waals surface area contributed by atoms with Crippen LogP contribution in [-0.4, -0.2) is 49.7 Å². The summed E-state index contributed by atoms with van der Waals surface area (Å²) in [4.78, 5) is 50.8. The van der Waals surface area contributed by atoms with E-state index in [0.717, 1.165) is 6.42 Å². The van der Waals surface area contributed by atoms with Crippen LogP contribution in [0.3, 0.4) is 0 Å². The summed E-state index contributed by atoms with van der Waals surface area (Å²) in [6.45, 7) is 3.92. The van der Waals surface area contributed by atoms with E-state index in [4.69, 9.17) is 9.47 Å². The molecule has 1 aromatic rings. The molecule has 0 bridgehead atoms. The average Bonchev–Trinajstić information content (AvgIpc) is 3.17. The number of hydrogen-bond donors (Lipinski definition) is 2. The van der Waals surface area contributed by atoms with Crippen LogP contribution in [0, 0.1) is 0 Å². The monoisotopic (exact) mass is 415 g/mol. The Labute approximate surface area is 174 Å². The number of anilines is 1. The Hall–Kier alpha value is -3.36. The third-order valence-electron chi connectivity index (χ3n) is 4.98. The first kappa shape index (κ1) is 21.4. The fourth-order valence-electron chi connectivity index (χ4n) is 3.58. The summed E-state index contributed by atoms with van der Waals surface area (Å²) in [6, 6.07) is 5.69. The lowest BCUT2D eigenvalue weighted by Gasteiger charge is -2.28. The zero-order valence-electron chi connectivity index (χ0n) is 17.0. The maximum atomic E-state index is 12.8. The highest BCUT2D eigenvalue weighted by atomic mass is 16.5. The number of urea groups is 1. The summed E-state index contributed by atoms with van der Waals surface area (Å²) < 4.78 is 10.5. The summed E-state index contributed by atoms with van der Waals surface area (Å²) in [5.74, 6) is -1.27. The molecule has 160 valence electrons. The number of benzene rings is 1. The first-order chi connectivity index (χ1) is 14.5. The minimum atomic E-state index is -0.651. The number of amides is 3. The lowest BCUT2D eigenvalue weighted by Crippen LogP contribution is -2.51. The number of carbonyl (C=O) groups excluding carboxylic acids is 4. The molecule has 30 heavy (non-hydrogen) atoms. The van der Waals surface area contributed by atoms with Crippen molar-refractivity contribution in [3.8, 4) is 0 Å². The van der Waals surface area contributed by atoms with Crippen molar-refractivity contribution in [1.82, 2.24) is 10.6 Å². The van der Waals surface area contributed by atoms with Crippen LogP contribution in [0.2, 0.25) is 0 Å². The van der Waals surface area contributed by atoms with E-state index in [1.807, 2.05) is 6.92 Å². The highest BCUT2D eigenvalue weighted by Gasteiger charge is 2.32. The van der Waals surface area contributed by atoms with E-state index < -0.39 is 24.0 Å². The van der Waals surface area contributed by atoms with E-state index in [0.29, 0.717) is 25.1 Å². The Balaban J connectivity index is 1.82. The van der Waals surface area contributed by atoms with Gasteiger partial charge in [0, 0.05) is 13.0 Å². The van der Waals surface area contributed by atoms with Gasteiger partial charge in [0.1, 0.15) is 6.61 Å². The Bertz CT molecular complexity index is 894. The SMILES string of the molecule is CCOC(=O)C1=C(COC(=O)c2ccccc2N2CCCC2=O)NC(=O)N[C@@H]1CC. The lowest BCUT2D eigenvalue weighted by molar-refractivity contribution is -0.139. The van der Waals surface area contributed by atoms with Crippen molar-refractivity contribution in [3.63, 3.8) is 0 Å². The number of nitrogens with zero attached hydrogens (tertiary/aromatic N) is 1. The van der Waals surface area contributed by atoms with Gasteiger partial charge in [-0.25, -0.2) is 14.4 Å². The maximum absolute atomic E-state index is 12.8. The first-order valence-corrected chi connectivity index (χ1v) is 10.00. The highest BCUT2D eigenvalue weighted by Crippen LogP contribution is 2.26. The van der Waals surface area contributed by atoms with Crippen LogP contribution >= 0.6 is 0 Å². The third kappa shape index (κ3) is 4.45. The van der Waals surface area contributed by atoms with Gasteiger partial charge in [0.15, 0.2) is 0 Å². The molecule has 0 spiro atoms. The van der Waals surface area contributed by atoms with E-state index in [2.05, 4.69) is 10.6 Å². The smallest absolute Gasteiger partial charge is 0.340 e. The van der Waals surface area contributed by atoms with Crippen LogP contribution < -0.4 is 15.5 Å². The predicted octanol–water partition coefficient (Wildman–Crippen LogP) is 1.88. The molecule has 3 amide bonds. The molecular formula is C21H25N3O6. The van der Waals surface area contributed by atoms with Crippen LogP contribution in [0.4, 0.5) is 10.5 Å². The number of para-hydroxylation sites is 1. The molecule has 0 radical (unpaired) electrons. The fourth-order valence-corrected chi connectivity index (χ4v) is 3.58. The Morgan fingerprint density at radius 2 is 1.90 bits per heavy atom. The van der Waals surface area contributed by atoms with Gasteiger partial charge in [-0.2, -0.15) is 0 Å². The molecule has 9 heteroatoms. The van der Waals surface area contributed by atoms with Crippen molar-refractivity contribution in [3.05, 3.63) is 41.1 Å². The molecule has 0 saturated carbocycles. The second kappa shape index (κ2) is 9.43. The molecule has 9 nitrogen and oxygen atoms in total. The topological polar surface area (TPSA) is 114 Å². The summed E-state index contributed by atoms with van der Waals surface area (Å²) in [5.41, 5.74) is 1.16. The second-order valence-corrected chi connectivity index (χ2v) is 6.91. The van der Waals surface area contributed by atoms with E-state index in [1.165, 1.54) is 0 Å². The molecule has 1 aromatic carbocycles. The molecule has 2 aliphatic rings. The summed E-state index contributed by atoms with van der Waals surface area (Å²) in [7, 11) is 0. The lowest BCUT2D eigenvalue weighted by atomic mass is 10.0. The number of rotatable bonds is 7. The molecular weight excluding hydrogens is 390 g/mol. The van der Waals surface area contributed by atoms with Gasteiger partial charge in [0.25, 0.3) is 0 Å². The van der Waals surface area contributed by atoms with Crippen LogP contribution in [0.1, 0.15) is 43.5 Å². The van der Waals surface area contributed by atoms with Gasteiger partial charge in [-0.1, -0.05) is 19.1 Å². The van der Waals surface area contributed by atoms with Crippen molar-refractivity contribution in [2.75, 3.05) is 24.7 Å². The number of hydrogen-bond acceptors (Lipinski definition) is 6. The van der Waals surface area contributed by atoms with Crippen molar-refractivity contribution in [2.45, 2.75) is 39.2 Å². The van der Waals surface area contributed by atoms with Gasteiger partial charge in [0.2, 0.25) is 5.91 Å². The van der Waals surface area contributed by atoms with Crippen molar-refractivity contribution < 1.29 is 28.7 Å². The Kier molecular flexibility index (Phi) is 6.71. The summed E-state index contributed by atoms with van der Waals surface area (Å²) in [6.07, 6.45) is 1.64. The van der Waals surface area contributed by atoms with E-state index >= 15 is 0 Å². The van der Waals surface area contributed by atoms with Crippen LogP contribution in [0.15, 0.2) is 35.5 Å². The second-order valence-electron chi connectivity index (χ2n) is 6.91. The van der Waals surface area contributed by atoms with Crippen molar-refractivity contribution in [2.24, 2.45) is 0 Å².